The minimum absolute atomic E-state index is 0.0306. The van der Waals surface area contributed by atoms with Gasteiger partial charge in [-0.05, 0) is 28.9 Å². The van der Waals surface area contributed by atoms with Gasteiger partial charge in [0, 0.05) is 12.1 Å². The van der Waals surface area contributed by atoms with Crippen molar-refractivity contribution in [2.75, 3.05) is 17.7 Å². The van der Waals surface area contributed by atoms with Gasteiger partial charge in [0.05, 0.1) is 22.5 Å². The molecule has 3 nitrogen and oxygen atoms in total. The van der Waals surface area contributed by atoms with E-state index in [1.807, 2.05) is 0 Å². The smallest absolute Gasteiger partial charge is 0.139 e. The van der Waals surface area contributed by atoms with Crippen molar-refractivity contribution in [3.8, 4) is 0 Å². The van der Waals surface area contributed by atoms with Crippen LogP contribution in [0, 0.1) is 5.82 Å². The number of hydrogen-bond acceptors (Lipinski definition) is 3. The van der Waals surface area contributed by atoms with Crippen LogP contribution in [0.15, 0.2) is 16.6 Å². The highest BCUT2D eigenvalue weighted by Gasteiger charge is 2.07. The standard InChI is InChI=1S/C9H12BrFN2O/c1-5(4-14)13-9-3-7(11)6(10)2-8(9)12/h2-3,5,13-14H,4,12H2,1H3. The molecular formula is C9H12BrFN2O. The SMILES string of the molecule is CC(CO)Nc1cc(F)c(Br)cc1N. The first-order valence-corrected chi connectivity index (χ1v) is 4.95. The predicted octanol–water partition coefficient (Wildman–Crippen LogP) is 1.96. The predicted molar refractivity (Wildman–Crippen MR) is 58.7 cm³/mol. The molecule has 0 amide bonds. The van der Waals surface area contributed by atoms with Crippen LogP contribution in [-0.2, 0) is 0 Å². The highest BCUT2D eigenvalue weighted by Crippen LogP contribution is 2.26. The molecule has 1 aromatic rings. The second kappa shape index (κ2) is 4.61. The summed E-state index contributed by atoms with van der Waals surface area (Å²) in [6.07, 6.45) is 0. The summed E-state index contributed by atoms with van der Waals surface area (Å²) in [6.45, 7) is 1.75. The topological polar surface area (TPSA) is 58.3 Å². The molecule has 0 saturated heterocycles. The Morgan fingerprint density at radius 2 is 2.29 bits per heavy atom. The van der Waals surface area contributed by atoms with Crippen molar-refractivity contribution in [2.45, 2.75) is 13.0 Å². The largest absolute Gasteiger partial charge is 0.397 e. The Morgan fingerprint density at radius 3 is 2.86 bits per heavy atom. The lowest BCUT2D eigenvalue weighted by molar-refractivity contribution is 0.281. The molecule has 0 saturated carbocycles. The summed E-state index contributed by atoms with van der Waals surface area (Å²) >= 11 is 3.03. The molecule has 0 aliphatic heterocycles. The second-order valence-corrected chi connectivity index (χ2v) is 3.94. The number of aliphatic hydroxyl groups excluding tert-OH is 1. The number of aliphatic hydroxyl groups is 1. The number of nitrogens with two attached hydrogens (primary N) is 1. The average Bonchev–Trinajstić information content (AvgIpc) is 2.14. The molecule has 0 fully saturated rings. The third-order valence-electron chi connectivity index (χ3n) is 1.77. The zero-order valence-corrected chi connectivity index (χ0v) is 9.31. The minimum atomic E-state index is -0.383. The molecule has 4 N–H and O–H groups in total. The maximum absolute atomic E-state index is 13.1. The maximum atomic E-state index is 13.1. The number of halogens is 2. The van der Waals surface area contributed by atoms with Crippen molar-refractivity contribution in [1.29, 1.82) is 0 Å². The second-order valence-electron chi connectivity index (χ2n) is 3.08. The van der Waals surface area contributed by atoms with E-state index in [2.05, 4.69) is 21.2 Å². The number of rotatable bonds is 3. The van der Waals surface area contributed by atoms with Gasteiger partial charge in [-0.1, -0.05) is 0 Å². The van der Waals surface area contributed by atoms with Crippen LogP contribution in [0.2, 0.25) is 0 Å². The number of benzene rings is 1. The molecule has 5 heteroatoms. The number of nitrogens with one attached hydrogen (secondary N) is 1. The quantitative estimate of drug-likeness (QED) is 0.730. The third kappa shape index (κ3) is 2.59. The third-order valence-corrected chi connectivity index (χ3v) is 2.38. The molecule has 14 heavy (non-hydrogen) atoms. The van der Waals surface area contributed by atoms with Gasteiger partial charge >= 0.3 is 0 Å². The van der Waals surface area contributed by atoms with Gasteiger partial charge in [-0.3, -0.25) is 0 Å². The Bertz CT molecular complexity index is 333. The first-order valence-electron chi connectivity index (χ1n) is 4.16. The van der Waals surface area contributed by atoms with Crippen molar-refractivity contribution in [1.82, 2.24) is 0 Å². The molecule has 1 rings (SSSR count). The van der Waals surface area contributed by atoms with E-state index >= 15 is 0 Å². The Labute approximate surface area is 90.2 Å². The first-order chi connectivity index (χ1) is 6.54. The lowest BCUT2D eigenvalue weighted by Crippen LogP contribution is -2.20. The van der Waals surface area contributed by atoms with Gasteiger partial charge in [0.25, 0.3) is 0 Å². The summed E-state index contributed by atoms with van der Waals surface area (Å²) in [6, 6.07) is 2.63. The highest BCUT2D eigenvalue weighted by molar-refractivity contribution is 9.10. The summed E-state index contributed by atoms with van der Waals surface area (Å²) in [7, 11) is 0. The average molecular weight is 263 g/mol. The van der Waals surface area contributed by atoms with Gasteiger partial charge in [0.2, 0.25) is 0 Å². The zero-order valence-electron chi connectivity index (χ0n) is 7.72. The molecule has 1 atom stereocenters. The Hall–Kier alpha value is -0.810. The van der Waals surface area contributed by atoms with Crippen molar-refractivity contribution in [3.63, 3.8) is 0 Å². The van der Waals surface area contributed by atoms with E-state index in [0.717, 1.165) is 0 Å². The van der Waals surface area contributed by atoms with Crippen molar-refractivity contribution < 1.29 is 9.50 Å². The van der Waals surface area contributed by atoms with Crippen LogP contribution in [0.5, 0.6) is 0 Å². The fraction of sp³-hybridized carbons (Fsp3) is 0.333. The van der Waals surface area contributed by atoms with Crippen molar-refractivity contribution >= 4 is 27.3 Å². The van der Waals surface area contributed by atoms with Crippen LogP contribution < -0.4 is 11.1 Å². The molecule has 0 bridgehead atoms. The molecule has 0 aliphatic rings. The molecule has 1 unspecified atom stereocenters. The molecule has 0 aliphatic carbocycles. The maximum Gasteiger partial charge on any atom is 0.139 e. The van der Waals surface area contributed by atoms with Gasteiger partial charge in [-0.2, -0.15) is 0 Å². The van der Waals surface area contributed by atoms with Crippen LogP contribution in [0.1, 0.15) is 6.92 Å². The van der Waals surface area contributed by atoms with E-state index in [0.29, 0.717) is 15.8 Å². The summed E-state index contributed by atoms with van der Waals surface area (Å²) in [4.78, 5) is 0. The van der Waals surface area contributed by atoms with Crippen LogP contribution in [0.4, 0.5) is 15.8 Å². The van der Waals surface area contributed by atoms with Crippen molar-refractivity contribution in [3.05, 3.63) is 22.4 Å². The number of hydrogen-bond donors (Lipinski definition) is 3. The van der Waals surface area contributed by atoms with Gasteiger partial charge in [-0.15, -0.1) is 0 Å². The molecule has 1 aromatic carbocycles. The lowest BCUT2D eigenvalue weighted by atomic mass is 10.2. The molecule has 0 heterocycles. The molecule has 0 spiro atoms. The molecular weight excluding hydrogens is 251 g/mol. The summed E-state index contributed by atoms with van der Waals surface area (Å²) in [5, 5.41) is 11.7. The van der Waals surface area contributed by atoms with Crippen LogP contribution in [0.3, 0.4) is 0 Å². The molecule has 0 radical (unpaired) electrons. The van der Waals surface area contributed by atoms with E-state index in [1.165, 1.54) is 12.1 Å². The van der Waals surface area contributed by atoms with Gasteiger partial charge in [-0.25, -0.2) is 4.39 Å². The molecule has 78 valence electrons. The zero-order chi connectivity index (χ0) is 10.7. The molecule has 0 aromatic heterocycles. The van der Waals surface area contributed by atoms with E-state index in [-0.39, 0.29) is 18.5 Å². The minimum Gasteiger partial charge on any atom is -0.397 e. The van der Waals surface area contributed by atoms with Crippen molar-refractivity contribution in [2.24, 2.45) is 0 Å². The number of nitrogen functional groups attached to an aromatic ring is 1. The van der Waals surface area contributed by atoms with E-state index < -0.39 is 0 Å². The first kappa shape index (κ1) is 11.3. The Morgan fingerprint density at radius 1 is 1.64 bits per heavy atom. The van der Waals surface area contributed by atoms with Gasteiger partial charge in [0.15, 0.2) is 0 Å². The van der Waals surface area contributed by atoms with E-state index in [4.69, 9.17) is 10.8 Å². The Balaban J connectivity index is 2.92. The summed E-state index contributed by atoms with van der Waals surface area (Å²) in [5.41, 5.74) is 6.59. The normalized spacial score (nSPS) is 12.6. The van der Waals surface area contributed by atoms with Gasteiger partial charge < -0.3 is 16.2 Å². The van der Waals surface area contributed by atoms with Crippen LogP contribution >= 0.6 is 15.9 Å². The number of anilines is 2. The Kier molecular flexibility index (Phi) is 3.71. The monoisotopic (exact) mass is 262 g/mol. The summed E-state index contributed by atoms with van der Waals surface area (Å²) < 4.78 is 13.4. The van der Waals surface area contributed by atoms with Gasteiger partial charge in [0.1, 0.15) is 5.82 Å². The fourth-order valence-electron chi connectivity index (χ4n) is 0.998. The van der Waals surface area contributed by atoms with E-state index in [1.54, 1.807) is 6.92 Å². The van der Waals surface area contributed by atoms with E-state index in [9.17, 15) is 4.39 Å². The van der Waals surface area contributed by atoms with Crippen LogP contribution in [-0.4, -0.2) is 17.8 Å². The van der Waals surface area contributed by atoms with Crippen LogP contribution in [0.25, 0.3) is 0 Å². The summed E-state index contributed by atoms with van der Waals surface area (Å²) in [5.74, 6) is -0.383. The fourth-order valence-corrected chi connectivity index (χ4v) is 1.36. The highest BCUT2D eigenvalue weighted by atomic mass is 79.9. The lowest BCUT2D eigenvalue weighted by Gasteiger charge is -2.14.